The van der Waals surface area contributed by atoms with Crippen LogP contribution in [0.1, 0.15) is 18.9 Å². The number of para-hydroxylation sites is 1. The van der Waals surface area contributed by atoms with Gasteiger partial charge in [-0.2, -0.15) is 0 Å². The van der Waals surface area contributed by atoms with Crippen LogP contribution in [0.5, 0.6) is 5.75 Å². The Balaban J connectivity index is 1.50. The van der Waals surface area contributed by atoms with Crippen LogP contribution in [0.2, 0.25) is 0 Å². The summed E-state index contributed by atoms with van der Waals surface area (Å²) in [6.07, 6.45) is 0.944. The zero-order valence-electron chi connectivity index (χ0n) is 18.1. The van der Waals surface area contributed by atoms with Crippen LogP contribution in [0, 0.1) is 0 Å². The summed E-state index contributed by atoms with van der Waals surface area (Å²) in [5, 5.41) is 6.76. The maximum absolute atomic E-state index is 12.6. The predicted octanol–water partition coefficient (Wildman–Crippen LogP) is 5.37. The number of ether oxygens (including phenoxy) is 1. The number of anilines is 2. The standard InChI is InChI=1S/C26H25N3O3/c1-17(30)27-19-9-11-20(12-10-19)28-25(31)16-15-23-22-5-3-4-6-24(22)29-26(23)18-7-13-21(32-2)14-8-18/h3-14,29H,15-16H2,1-2H3,(H,27,30)(H,28,31). The Bertz CT molecular complexity index is 1240. The van der Waals surface area contributed by atoms with E-state index in [1.807, 2.05) is 42.5 Å². The lowest BCUT2D eigenvalue weighted by molar-refractivity contribution is -0.116. The number of aromatic amines is 1. The summed E-state index contributed by atoms with van der Waals surface area (Å²) in [4.78, 5) is 27.3. The maximum atomic E-state index is 12.6. The summed E-state index contributed by atoms with van der Waals surface area (Å²) in [5.41, 5.74) is 5.60. The number of carbonyl (C=O) groups excluding carboxylic acids is 2. The van der Waals surface area contributed by atoms with Crippen molar-refractivity contribution in [1.82, 2.24) is 4.98 Å². The van der Waals surface area contributed by atoms with Crippen LogP contribution < -0.4 is 15.4 Å². The number of benzene rings is 3. The smallest absolute Gasteiger partial charge is 0.224 e. The number of rotatable bonds is 7. The fourth-order valence-electron chi connectivity index (χ4n) is 3.77. The molecule has 0 saturated heterocycles. The van der Waals surface area contributed by atoms with Gasteiger partial charge in [0, 0.05) is 41.3 Å². The van der Waals surface area contributed by atoms with Crippen molar-refractivity contribution in [3.8, 4) is 17.0 Å². The molecule has 0 unspecified atom stereocenters. The molecule has 6 heteroatoms. The number of aryl methyl sites for hydroxylation is 1. The predicted molar refractivity (Wildman–Crippen MR) is 128 cm³/mol. The highest BCUT2D eigenvalue weighted by atomic mass is 16.5. The molecule has 0 spiro atoms. The van der Waals surface area contributed by atoms with E-state index in [0.717, 1.165) is 33.5 Å². The molecule has 0 radical (unpaired) electrons. The Labute approximate surface area is 186 Å². The zero-order chi connectivity index (χ0) is 22.5. The molecule has 162 valence electrons. The van der Waals surface area contributed by atoms with Gasteiger partial charge in [-0.15, -0.1) is 0 Å². The minimum atomic E-state index is -0.131. The van der Waals surface area contributed by atoms with Gasteiger partial charge in [0.2, 0.25) is 11.8 Å². The normalized spacial score (nSPS) is 10.7. The Morgan fingerprint density at radius 2 is 1.53 bits per heavy atom. The summed E-state index contributed by atoms with van der Waals surface area (Å²) in [6.45, 7) is 1.46. The number of carbonyl (C=O) groups is 2. The molecular weight excluding hydrogens is 402 g/mol. The highest BCUT2D eigenvalue weighted by Gasteiger charge is 2.15. The molecule has 4 aromatic rings. The van der Waals surface area contributed by atoms with E-state index < -0.39 is 0 Å². The number of hydrogen-bond donors (Lipinski definition) is 3. The van der Waals surface area contributed by atoms with Gasteiger partial charge in [0.15, 0.2) is 0 Å². The van der Waals surface area contributed by atoms with Gasteiger partial charge in [-0.3, -0.25) is 9.59 Å². The second kappa shape index (κ2) is 9.39. The summed E-state index contributed by atoms with van der Waals surface area (Å²) in [7, 11) is 1.65. The second-order valence-corrected chi connectivity index (χ2v) is 7.56. The lowest BCUT2D eigenvalue weighted by Crippen LogP contribution is -2.12. The van der Waals surface area contributed by atoms with Crippen molar-refractivity contribution in [3.63, 3.8) is 0 Å². The Hall–Kier alpha value is -4.06. The molecule has 4 rings (SSSR count). The number of amides is 2. The molecule has 0 aliphatic rings. The SMILES string of the molecule is COc1ccc(-c2[nH]c3ccccc3c2CCC(=O)Nc2ccc(NC(C)=O)cc2)cc1. The summed E-state index contributed by atoms with van der Waals surface area (Å²) in [6, 6.07) is 23.1. The molecule has 32 heavy (non-hydrogen) atoms. The van der Waals surface area contributed by atoms with Gasteiger partial charge in [0.05, 0.1) is 7.11 Å². The van der Waals surface area contributed by atoms with Crippen LogP contribution in [-0.4, -0.2) is 23.9 Å². The first-order chi connectivity index (χ1) is 15.5. The van der Waals surface area contributed by atoms with Crippen LogP contribution in [-0.2, 0) is 16.0 Å². The largest absolute Gasteiger partial charge is 0.497 e. The van der Waals surface area contributed by atoms with Crippen LogP contribution in [0.4, 0.5) is 11.4 Å². The summed E-state index contributed by atoms with van der Waals surface area (Å²) < 4.78 is 5.27. The molecule has 0 bridgehead atoms. The topological polar surface area (TPSA) is 83.2 Å². The molecule has 0 atom stereocenters. The van der Waals surface area contributed by atoms with Crippen molar-refractivity contribution >= 4 is 34.1 Å². The zero-order valence-corrected chi connectivity index (χ0v) is 18.1. The van der Waals surface area contributed by atoms with Gasteiger partial charge < -0.3 is 20.4 Å². The number of methoxy groups -OCH3 is 1. The maximum Gasteiger partial charge on any atom is 0.224 e. The van der Waals surface area contributed by atoms with Gasteiger partial charge in [-0.05, 0) is 72.1 Å². The van der Waals surface area contributed by atoms with Gasteiger partial charge in [-0.1, -0.05) is 18.2 Å². The molecular formula is C26H25N3O3. The third kappa shape index (κ3) is 4.81. The molecule has 2 amide bonds. The van der Waals surface area contributed by atoms with Gasteiger partial charge in [0.1, 0.15) is 5.75 Å². The van der Waals surface area contributed by atoms with Crippen LogP contribution in [0.15, 0.2) is 72.8 Å². The fourth-order valence-corrected chi connectivity index (χ4v) is 3.77. The molecule has 3 aromatic carbocycles. The molecule has 0 aliphatic carbocycles. The van der Waals surface area contributed by atoms with E-state index in [1.54, 1.807) is 31.4 Å². The Morgan fingerprint density at radius 3 is 2.19 bits per heavy atom. The van der Waals surface area contributed by atoms with E-state index in [2.05, 4.69) is 21.7 Å². The van der Waals surface area contributed by atoms with E-state index in [4.69, 9.17) is 4.74 Å². The van der Waals surface area contributed by atoms with E-state index in [0.29, 0.717) is 24.2 Å². The van der Waals surface area contributed by atoms with Crippen molar-refractivity contribution < 1.29 is 14.3 Å². The average molecular weight is 428 g/mol. The molecule has 0 saturated carbocycles. The molecule has 0 fully saturated rings. The van der Waals surface area contributed by atoms with Gasteiger partial charge in [0.25, 0.3) is 0 Å². The van der Waals surface area contributed by atoms with E-state index in [-0.39, 0.29) is 11.8 Å². The number of fused-ring (bicyclic) bond motifs is 1. The van der Waals surface area contributed by atoms with E-state index in [9.17, 15) is 9.59 Å². The highest BCUT2D eigenvalue weighted by molar-refractivity contribution is 5.94. The van der Waals surface area contributed by atoms with E-state index in [1.165, 1.54) is 6.92 Å². The molecule has 0 aliphatic heterocycles. The lowest BCUT2D eigenvalue weighted by atomic mass is 10.0. The Morgan fingerprint density at radius 1 is 0.875 bits per heavy atom. The number of hydrogen-bond acceptors (Lipinski definition) is 3. The van der Waals surface area contributed by atoms with Crippen LogP contribution >= 0.6 is 0 Å². The third-order valence-electron chi connectivity index (χ3n) is 5.28. The molecule has 1 heterocycles. The number of aromatic nitrogens is 1. The van der Waals surface area contributed by atoms with Crippen LogP contribution in [0.3, 0.4) is 0 Å². The van der Waals surface area contributed by atoms with E-state index >= 15 is 0 Å². The fraction of sp³-hybridized carbons (Fsp3) is 0.154. The van der Waals surface area contributed by atoms with Gasteiger partial charge >= 0.3 is 0 Å². The van der Waals surface area contributed by atoms with Gasteiger partial charge in [-0.25, -0.2) is 0 Å². The average Bonchev–Trinajstić information content (AvgIpc) is 3.17. The first-order valence-electron chi connectivity index (χ1n) is 10.4. The monoisotopic (exact) mass is 427 g/mol. The van der Waals surface area contributed by atoms with Crippen molar-refractivity contribution in [2.75, 3.05) is 17.7 Å². The minimum Gasteiger partial charge on any atom is -0.497 e. The second-order valence-electron chi connectivity index (χ2n) is 7.56. The highest BCUT2D eigenvalue weighted by Crippen LogP contribution is 2.32. The number of H-pyrrole nitrogens is 1. The first kappa shape index (κ1) is 21.2. The lowest BCUT2D eigenvalue weighted by Gasteiger charge is -2.09. The Kier molecular flexibility index (Phi) is 6.22. The quantitative estimate of drug-likeness (QED) is 0.371. The number of nitrogens with one attached hydrogen (secondary N) is 3. The van der Waals surface area contributed by atoms with Crippen molar-refractivity contribution in [3.05, 3.63) is 78.4 Å². The van der Waals surface area contributed by atoms with Crippen LogP contribution in [0.25, 0.3) is 22.2 Å². The molecule has 6 nitrogen and oxygen atoms in total. The minimum absolute atomic E-state index is 0.0664. The van der Waals surface area contributed by atoms with Crippen molar-refractivity contribution in [2.24, 2.45) is 0 Å². The van der Waals surface area contributed by atoms with Crippen molar-refractivity contribution in [2.45, 2.75) is 19.8 Å². The molecule has 3 N–H and O–H groups in total. The first-order valence-corrected chi connectivity index (χ1v) is 10.4. The van der Waals surface area contributed by atoms with Crippen molar-refractivity contribution in [1.29, 1.82) is 0 Å². The summed E-state index contributed by atoms with van der Waals surface area (Å²) >= 11 is 0. The third-order valence-corrected chi connectivity index (χ3v) is 5.28. The molecule has 1 aromatic heterocycles. The summed E-state index contributed by atoms with van der Waals surface area (Å²) in [5.74, 6) is 0.603.